The summed E-state index contributed by atoms with van der Waals surface area (Å²) in [6, 6.07) is 1.78. The molecule has 262 valence electrons. The van der Waals surface area contributed by atoms with E-state index in [-0.39, 0.29) is 56.4 Å². The van der Waals surface area contributed by atoms with Gasteiger partial charge in [0.25, 0.3) is 11.8 Å². The molecule has 6 N–H and O–H groups in total. The van der Waals surface area contributed by atoms with E-state index in [1.807, 2.05) is 0 Å². The van der Waals surface area contributed by atoms with Crippen molar-refractivity contribution >= 4 is 80.5 Å². The Bertz CT molecular complexity index is 1900. The lowest BCUT2D eigenvalue weighted by atomic mass is 10.0. The molecule has 2 aliphatic heterocycles. The number of hydrogen-bond acceptors (Lipinski definition) is 12. The van der Waals surface area contributed by atoms with Crippen LogP contribution in [0.4, 0.5) is 18.3 Å². The van der Waals surface area contributed by atoms with Crippen LogP contribution in [0.3, 0.4) is 0 Å². The molecule has 0 radical (unpaired) electrons. The van der Waals surface area contributed by atoms with E-state index in [9.17, 15) is 37.5 Å². The topological polar surface area (TPSA) is 218 Å². The van der Waals surface area contributed by atoms with E-state index < -0.39 is 59.0 Å². The zero-order chi connectivity index (χ0) is 35.8. The number of aromatic nitrogens is 4. The minimum atomic E-state index is -4.75. The van der Waals surface area contributed by atoms with E-state index in [1.165, 1.54) is 22.9 Å². The van der Waals surface area contributed by atoms with Crippen molar-refractivity contribution < 1.29 is 52.0 Å². The van der Waals surface area contributed by atoms with E-state index >= 15 is 0 Å². The van der Waals surface area contributed by atoms with Crippen molar-refractivity contribution in [1.82, 2.24) is 30.1 Å². The number of carboxylic acids is 2. The number of nitrogens with zero attached hydrogens (tertiary/aromatic N) is 6. The van der Waals surface area contributed by atoms with Crippen LogP contribution in [0.15, 0.2) is 34.8 Å². The average Bonchev–Trinajstić information content (AvgIpc) is 3.59. The number of β-lactam (4-membered cyclic amide) rings is 1. The molecule has 3 aromatic rings. The summed E-state index contributed by atoms with van der Waals surface area (Å²) >= 11 is 8.07. The van der Waals surface area contributed by atoms with Gasteiger partial charge in [0, 0.05) is 17.9 Å². The second-order valence-electron chi connectivity index (χ2n) is 10.7. The molecule has 2 unspecified atom stereocenters. The highest BCUT2D eigenvalue weighted by Gasteiger charge is 2.55. The summed E-state index contributed by atoms with van der Waals surface area (Å²) in [6.45, 7) is 1.48. The van der Waals surface area contributed by atoms with Crippen LogP contribution in [0.2, 0.25) is 4.34 Å². The summed E-state index contributed by atoms with van der Waals surface area (Å²) in [6.07, 6.45) is -4.34. The van der Waals surface area contributed by atoms with Crippen LogP contribution in [0.5, 0.6) is 0 Å². The quantitative estimate of drug-likeness (QED) is 0.0550. The number of halogens is 4. The molecule has 5 rings (SSSR count). The molecule has 5 heterocycles. The van der Waals surface area contributed by atoms with Crippen molar-refractivity contribution in [3.63, 3.8) is 0 Å². The fourth-order valence-corrected chi connectivity index (χ4v) is 7.44. The molecule has 3 aromatic heterocycles. The number of nitrogen functional groups attached to an aromatic ring is 1. The monoisotopic (exact) mass is 746 g/mol. The van der Waals surface area contributed by atoms with Gasteiger partial charge in [0.2, 0.25) is 6.10 Å². The Kier molecular flexibility index (Phi) is 10.4. The van der Waals surface area contributed by atoms with Crippen LogP contribution >= 0.6 is 34.7 Å². The Morgan fingerprint density at radius 1 is 1.31 bits per heavy atom. The van der Waals surface area contributed by atoms with E-state index in [4.69, 9.17) is 27.3 Å². The fourth-order valence-electron chi connectivity index (χ4n) is 5.17. The Morgan fingerprint density at radius 3 is 2.65 bits per heavy atom. The first kappa shape index (κ1) is 35.8. The summed E-state index contributed by atoms with van der Waals surface area (Å²) in [5.41, 5.74) is 4.92. The number of nitrogens with one attached hydrogen (secondary N) is 2. The number of carbonyl (C=O) groups excluding carboxylic acids is 2. The Hall–Kier alpha value is -4.47. The number of imidazole rings is 1. The van der Waals surface area contributed by atoms with Crippen molar-refractivity contribution in [2.24, 2.45) is 5.16 Å². The molecular formula is C27H28ClF3N9O7S2+. The SMILES string of the molecule is CNCCCn1c(C(F)(F)F)nc2c1ccc[n+]2CC1=C(C(=O)O)N2C(=O)C(NC(=O)C(=NO[C@@H](C)C(=O)O)c3nc(N)sc3Cl)C2SC1. The lowest BCUT2D eigenvalue weighted by Gasteiger charge is -2.49. The van der Waals surface area contributed by atoms with Gasteiger partial charge in [-0.2, -0.15) is 13.2 Å². The number of nitrogens with two attached hydrogens (primary N) is 1. The molecule has 0 bridgehead atoms. The van der Waals surface area contributed by atoms with Crippen LogP contribution in [0.25, 0.3) is 11.2 Å². The van der Waals surface area contributed by atoms with Crippen LogP contribution < -0.4 is 20.9 Å². The van der Waals surface area contributed by atoms with Gasteiger partial charge < -0.3 is 31.4 Å². The van der Waals surface area contributed by atoms with Gasteiger partial charge in [-0.1, -0.05) is 28.1 Å². The van der Waals surface area contributed by atoms with Gasteiger partial charge in [-0.3, -0.25) is 19.1 Å². The summed E-state index contributed by atoms with van der Waals surface area (Å²) in [5.74, 6) is -5.71. The van der Waals surface area contributed by atoms with Gasteiger partial charge in [0.1, 0.15) is 39.2 Å². The first-order valence-corrected chi connectivity index (χ1v) is 16.6. The minimum Gasteiger partial charge on any atom is -0.478 e. The van der Waals surface area contributed by atoms with Gasteiger partial charge in [0.05, 0.1) is 6.20 Å². The Balaban J connectivity index is 1.42. The number of thiazole rings is 1. The number of pyridine rings is 1. The maximum absolute atomic E-state index is 14.0. The molecule has 3 atom stereocenters. The smallest absolute Gasteiger partial charge is 0.475 e. The molecule has 2 amide bonds. The Morgan fingerprint density at radius 2 is 2.04 bits per heavy atom. The molecule has 0 aliphatic carbocycles. The van der Waals surface area contributed by atoms with E-state index in [1.54, 1.807) is 7.05 Å². The molecule has 0 spiro atoms. The number of aliphatic carboxylic acids is 2. The summed E-state index contributed by atoms with van der Waals surface area (Å²) in [7, 11) is 1.69. The molecular weight excluding hydrogens is 719 g/mol. The Labute approximate surface area is 287 Å². The maximum atomic E-state index is 14.0. The number of carboxylic acid groups (broad SMARTS) is 2. The van der Waals surface area contributed by atoms with Gasteiger partial charge >= 0.3 is 29.6 Å². The summed E-state index contributed by atoms with van der Waals surface area (Å²) < 4.78 is 44.3. The standard InChI is InChI=1S/C27H27ClF3N9O7S2/c1-11(23(43)44)47-37-15(14-18(28)49-26(32)35-14)20(41)34-16-21(42)40-17(24(45)46)12(10-48-22(16)40)9-38-7-3-5-13-19(38)36-25(27(29,30)31)39(13)8-4-6-33-2/h3,5,7,11,16,22,33H,4,6,8-10H2,1-2H3,(H4-,32,34,35,41,43,44,45,46)/p+1/t11-,16?,22?/m0/s1. The molecule has 49 heavy (non-hydrogen) atoms. The normalized spacial score (nSPS) is 18.7. The highest BCUT2D eigenvalue weighted by atomic mass is 35.5. The largest absolute Gasteiger partial charge is 0.478 e. The van der Waals surface area contributed by atoms with Crippen molar-refractivity contribution in [2.45, 2.75) is 50.1 Å². The second-order valence-corrected chi connectivity index (χ2v) is 13.4. The van der Waals surface area contributed by atoms with Crippen LogP contribution in [0.1, 0.15) is 24.9 Å². The second kappa shape index (κ2) is 14.2. The number of alkyl halides is 3. The molecule has 1 saturated heterocycles. The highest BCUT2D eigenvalue weighted by Crippen LogP contribution is 2.41. The number of amides is 2. The molecule has 0 saturated carbocycles. The first-order valence-electron chi connectivity index (χ1n) is 14.3. The van der Waals surface area contributed by atoms with E-state index in [2.05, 4.69) is 25.8 Å². The third-order valence-corrected chi connectivity index (χ3v) is 9.85. The molecule has 22 heteroatoms. The molecule has 1 fully saturated rings. The average molecular weight is 747 g/mol. The number of rotatable bonds is 13. The number of hydrogen-bond donors (Lipinski definition) is 5. The first-order chi connectivity index (χ1) is 23.1. The number of fused-ring (bicyclic) bond motifs is 2. The number of anilines is 1. The molecule has 2 aliphatic rings. The number of aryl methyl sites for hydroxylation is 1. The molecule has 0 aromatic carbocycles. The van der Waals surface area contributed by atoms with E-state index in [0.717, 1.165) is 39.5 Å². The van der Waals surface area contributed by atoms with Crippen molar-refractivity contribution in [1.29, 1.82) is 0 Å². The lowest BCUT2D eigenvalue weighted by Crippen LogP contribution is -2.71. The van der Waals surface area contributed by atoms with Gasteiger partial charge in [0.15, 0.2) is 10.8 Å². The third kappa shape index (κ3) is 7.14. The minimum absolute atomic E-state index is 0.0173. The van der Waals surface area contributed by atoms with Gasteiger partial charge in [-0.15, -0.1) is 11.8 Å². The highest BCUT2D eigenvalue weighted by molar-refractivity contribution is 8.00. The van der Waals surface area contributed by atoms with E-state index in [0.29, 0.717) is 13.0 Å². The molecule has 16 nitrogen and oxygen atoms in total. The number of oxime groups is 1. The van der Waals surface area contributed by atoms with Crippen LogP contribution in [0, 0.1) is 0 Å². The maximum Gasteiger partial charge on any atom is 0.475 e. The zero-order valence-electron chi connectivity index (χ0n) is 25.5. The predicted octanol–water partition coefficient (Wildman–Crippen LogP) is 1.28. The third-order valence-electron chi connectivity index (χ3n) is 7.43. The lowest BCUT2D eigenvalue weighted by molar-refractivity contribution is -0.664. The fraction of sp³-hybridized carbons (Fsp3) is 0.407. The van der Waals surface area contributed by atoms with Crippen molar-refractivity contribution in [2.75, 3.05) is 25.1 Å². The summed E-state index contributed by atoms with van der Waals surface area (Å²) in [4.78, 5) is 64.1. The van der Waals surface area contributed by atoms with Gasteiger partial charge in [-0.05, 0) is 44.1 Å². The van der Waals surface area contributed by atoms with Gasteiger partial charge in [-0.25, -0.2) is 19.1 Å². The van der Waals surface area contributed by atoms with Crippen molar-refractivity contribution in [3.8, 4) is 0 Å². The summed E-state index contributed by atoms with van der Waals surface area (Å²) in [5, 5.41) is 27.3. The van der Waals surface area contributed by atoms with Crippen LogP contribution in [-0.2, 0) is 43.3 Å². The van der Waals surface area contributed by atoms with Crippen LogP contribution in [-0.4, -0.2) is 96.0 Å². The number of carbonyl (C=O) groups is 4. The number of thioether (sulfide) groups is 1. The zero-order valence-corrected chi connectivity index (χ0v) is 27.9. The van der Waals surface area contributed by atoms with Crippen molar-refractivity contribution in [3.05, 3.63) is 45.5 Å². The predicted molar refractivity (Wildman–Crippen MR) is 169 cm³/mol.